The van der Waals surface area contributed by atoms with Crippen molar-refractivity contribution in [2.24, 2.45) is 0 Å². The zero-order valence-electron chi connectivity index (χ0n) is 9.74. The topological polar surface area (TPSA) is 17.1 Å². The van der Waals surface area contributed by atoms with E-state index in [0.29, 0.717) is 5.56 Å². The lowest BCUT2D eigenvalue weighted by molar-refractivity contribution is 0.104. The summed E-state index contributed by atoms with van der Waals surface area (Å²) in [5.41, 5.74) is 1.63. The van der Waals surface area contributed by atoms with Crippen molar-refractivity contribution < 1.29 is 4.79 Å². The Hall–Kier alpha value is -0.710. The number of carbonyl (C=O) groups is 1. The van der Waals surface area contributed by atoms with Gasteiger partial charge in [0, 0.05) is 19.0 Å². The highest BCUT2D eigenvalue weighted by molar-refractivity contribution is 9.11. The number of ketones is 1. The van der Waals surface area contributed by atoms with Crippen LogP contribution in [0, 0.1) is 0 Å². The zero-order chi connectivity index (χ0) is 13.8. The summed E-state index contributed by atoms with van der Waals surface area (Å²) in [6.07, 6.45) is 3.38. The monoisotopic (exact) mass is 442 g/mol. The molecule has 0 saturated heterocycles. The maximum absolute atomic E-state index is 12.0. The summed E-state index contributed by atoms with van der Waals surface area (Å²) in [6, 6.07) is 13.2. The molecule has 0 heterocycles. The van der Waals surface area contributed by atoms with Crippen LogP contribution in [-0.2, 0) is 0 Å². The molecule has 4 heteroatoms. The van der Waals surface area contributed by atoms with Gasteiger partial charge in [0.25, 0.3) is 0 Å². The summed E-state index contributed by atoms with van der Waals surface area (Å²) >= 11 is 10.2. The Bertz CT molecular complexity index is 627. The summed E-state index contributed by atoms with van der Waals surface area (Å²) < 4.78 is 2.84. The van der Waals surface area contributed by atoms with Crippen LogP contribution < -0.4 is 0 Å². The van der Waals surface area contributed by atoms with Gasteiger partial charge in [0.2, 0.25) is 0 Å². The maximum Gasteiger partial charge on any atom is 0.185 e. The van der Waals surface area contributed by atoms with Crippen LogP contribution in [0.15, 0.2) is 62.0 Å². The van der Waals surface area contributed by atoms with Crippen molar-refractivity contribution in [3.8, 4) is 0 Å². The average molecular weight is 445 g/mol. The Morgan fingerprint density at radius 1 is 0.895 bits per heavy atom. The fourth-order valence-electron chi connectivity index (χ4n) is 1.58. The van der Waals surface area contributed by atoms with Crippen molar-refractivity contribution in [1.29, 1.82) is 0 Å². The zero-order valence-corrected chi connectivity index (χ0v) is 14.5. The molecular weight excluding hydrogens is 436 g/mol. The third-order valence-corrected chi connectivity index (χ3v) is 3.83. The van der Waals surface area contributed by atoms with Crippen LogP contribution in [0.25, 0.3) is 6.08 Å². The quantitative estimate of drug-likeness (QED) is 0.427. The second-order valence-electron chi connectivity index (χ2n) is 3.91. The van der Waals surface area contributed by atoms with E-state index in [0.717, 1.165) is 19.0 Å². The SMILES string of the molecule is O=C(/C=C/c1cc(Br)cc(Br)c1)c1cccc(Br)c1. The fourth-order valence-corrected chi connectivity index (χ4v) is 3.31. The number of allylic oxidation sites excluding steroid dienone is 1. The van der Waals surface area contributed by atoms with Crippen LogP contribution in [0.5, 0.6) is 0 Å². The van der Waals surface area contributed by atoms with Crippen LogP contribution in [0.2, 0.25) is 0 Å². The smallest absolute Gasteiger partial charge is 0.185 e. The van der Waals surface area contributed by atoms with E-state index in [-0.39, 0.29) is 5.78 Å². The van der Waals surface area contributed by atoms with Gasteiger partial charge in [-0.25, -0.2) is 0 Å². The molecule has 1 nitrogen and oxygen atoms in total. The van der Waals surface area contributed by atoms with Crippen molar-refractivity contribution in [3.05, 3.63) is 73.1 Å². The summed E-state index contributed by atoms with van der Waals surface area (Å²) in [6.45, 7) is 0. The number of halogens is 3. The van der Waals surface area contributed by atoms with Crippen molar-refractivity contribution in [2.45, 2.75) is 0 Å². The van der Waals surface area contributed by atoms with E-state index < -0.39 is 0 Å². The third-order valence-electron chi connectivity index (χ3n) is 2.42. The number of benzene rings is 2. The van der Waals surface area contributed by atoms with E-state index in [1.54, 1.807) is 18.2 Å². The standard InChI is InChI=1S/C15H9Br3O/c16-12-3-1-2-11(8-12)15(19)5-4-10-6-13(17)9-14(18)7-10/h1-9H/b5-4+. The first-order valence-electron chi connectivity index (χ1n) is 5.49. The Labute approximate surface area is 137 Å². The fraction of sp³-hybridized carbons (Fsp3) is 0. The molecule has 0 bridgehead atoms. The molecule has 0 saturated carbocycles. The Kier molecular flexibility index (Phi) is 5.13. The van der Waals surface area contributed by atoms with E-state index in [4.69, 9.17) is 0 Å². The Morgan fingerprint density at radius 2 is 1.58 bits per heavy atom. The molecule has 0 aromatic heterocycles. The molecule has 96 valence electrons. The predicted octanol–water partition coefficient (Wildman–Crippen LogP) is 5.87. The maximum atomic E-state index is 12.0. The van der Waals surface area contributed by atoms with Crippen LogP contribution >= 0.6 is 47.8 Å². The first-order valence-corrected chi connectivity index (χ1v) is 7.86. The third kappa shape index (κ3) is 4.41. The molecule has 0 fully saturated rings. The lowest BCUT2D eigenvalue weighted by Crippen LogP contribution is -1.93. The second-order valence-corrected chi connectivity index (χ2v) is 6.66. The highest BCUT2D eigenvalue weighted by Gasteiger charge is 2.02. The summed E-state index contributed by atoms with van der Waals surface area (Å²) in [5.74, 6) is -0.0163. The molecule has 0 N–H and O–H groups in total. The molecular formula is C15H9Br3O. The highest BCUT2D eigenvalue weighted by atomic mass is 79.9. The van der Waals surface area contributed by atoms with Gasteiger partial charge in [-0.05, 0) is 42.0 Å². The van der Waals surface area contributed by atoms with Crippen molar-refractivity contribution in [3.63, 3.8) is 0 Å². The van der Waals surface area contributed by atoms with Gasteiger partial charge >= 0.3 is 0 Å². The highest BCUT2D eigenvalue weighted by Crippen LogP contribution is 2.21. The molecule has 0 aliphatic heterocycles. The van der Waals surface area contributed by atoms with Gasteiger partial charge in [-0.1, -0.05) is 66.0 Å². The second kappa shape index (κ2) is 6.64. The predicted molar refractivity (Wildman–Crippen MR) is 89.3 cm³/mol. The lowest BCUT2D eigenvalue weighted by Gasteiger charge is -1.99. The lowest BCUT2D eigenvalue weighted by atomic mass is 10.1. The summed E-state index contributed by atoms with van der Waals surface area (Å²) in [5, 5.41) is 0. The molecule has 0 radical (unpaired) electrons. The average Bonchev–Trinajstić information content (AvgIpc) is 2.35. The van der Waals surface area contributed by atoms with Gasteiger partial charge in [0.05, 0.1) is 0 Å². The van der Waals surface area contributed by atoms with Gasteiger partial charge in [0.15, 0.2) is 5.78 Å². The van der Waals surface area contributed by atoms with Gasteiger partial charge < -0.3 is 0 Å². The van der Waals surface area contributed by atoms with Crippen molar-refractivity contribution in [1.82, 2.24) is 0 Å². The Morgan fingerprint density at radius 3 is 2.21 bits per heavy atom. The molecule has 0 unspecified atom stereocenters. The minimum atomic E-state index is -0.0163. The van der Waals surface area contributed by atoms with Crippen LogP contribution in [0.3, 0.4) is 0 Å². The molecule has 2 aromatic carbocycles. The van der Waals surface area contributed by atoms with E-state index in [1.807, 2.05) is 36.4 Å². The summed E-state index contributed by atoms with van der Waals surface area (Å²) in [4.78, 5) is 12.0. The van der Waals surface area contributed by atoms with Gasteiger partial charge in [-0.15, -0.1) is 0 Å². The first kappa shape index (κ1) is 14.7. The number of hydrogen-bond donors (Lipinski definition) is 0. The Balaban J connectivity index is 2.20. The molecule has 2 aromatic rings. The molecule has 19 heavy (non-hydrogen) atoms. The van der Waals surface area contributed by atoms with E-state index >= 15 is 0 Å². The van der Waals surface area contributed by atoms with Gasteiger partial charge in [-0.2, -0.15) is 0 Å². The molecule has 0 amide bonds. The van der Waals surface area contributed by atoms with Crippen LogP contribution in [0.4, 0.5) is 0 Å². The molecule has 2 rings (SSSR count). The summed E-state index contributed by atoms with van der Waals surface area (Å²) in [7, 11) is 0. The van der Waals surface area contributed by atoms with E-state index in [2.05, 4.69) is 47.8 Å². The first-order chi connectivity index (χ1) is 9.04. The number of rotatable bonds is 3. The van der Waals surface area contributed by atoms with Crippen molar-refractivity contribution in [2.75, 3.05) is 0 Å². The van der Waals surface area contributed by atoms with E-state index in [9.17, 15) is 4.79 Å². The van der Waals surface area contributed by atoms with Crippen molar-refractivity contribution >= 4 is 59.6 Å². The van der Waals surface area contributed by atoms with E-state index in [1.165, 1.54) is 0 Å². The molecule has 0 aliphatic rings. The molecule has 0 atom stereocenters. The minimum absolute atomic E-state index is 0.0163. The van der Waals surface area contributed by atoms with Gasteiger partial charge in [-0.3, -0.25) is 4.79 Å². The number of carbonyl (C=O) groups excluding carboxylic acids is 1. The van der Waals surface area contributed by atoms with Crippen LogP contribution in [0.1, 0.15) is 15.9 Å². The normalized spacial score (nSPS) is 10.9. The van der Waals surface area contributed by atoms with Crippen LogP contribution in [-0.4, -0.2) is 5.78 Å². The largest absolute Gasteiger partial charge is 0.289 e. The minimum Gasteiger partial charge on any atom is -0.289 e. The molecule has 0 spiro atoms. The number of hydrogen-bond acceptors (Lipinski definition) is 1. The van der Waals surface area contributed by atoms with Gasteiger partial charge in [0.1, 0.15) is 0 Å². The molecule has 0 aliphatic carbocycles.